The lowest BCUT2D eigenvalue weighted by atomic mass is 10.2. The van der Waals surface area contributed by atoms with E-state index in [0.29, 0.717) is 13.1 Å². The molecule has 2 heterocycles. The van der Waals surface area contributed by atoms with Crippen molar-refractivity contribution in [3.8, 4) is 0 Å². The van der Waals surface area contributed by atoms with Gasteiger partial charge in [-0.1, -0.05) is 6.07 Å². The summed E-state index contributed by atoms with van der Waals surface area (Å²) in [4.78, 5) is 24.0. The number of carbonyl (C=O) groups is 2. The number of nitrogens with zero attached hydrogens (tertiary/aromatic N) is 1. The van der Waals surface area contributed by atoms with Crippen molar-refractivity contribution in [2.24, 2.45) is 0 Å². The summed E-state index contributed by atoms with van der Waals surface area (Å²) in [6.45, 7) is 0.971. The van der Waals surface area contributed by atoms with Gasteiger partial charge in [0.25, 0.3) is 11.8 Å². The number of amides is 2. The highest BCUT2D eigenvalue weighted by molar-refractivity contribution is 7.89. The molecule has 1 aliphatic rings. The molecule has 2 N–H and O–H groups in total. The van der Waals surface area contributed by atoms with Crippen LogP contribution in [0.15, 0.2) is 52.2 Å². The molecule has 0 saturated carbocycles. The molecule has 0 atom stereocenters. The van der Waals surface area contributed by atoms with Crippen LogP contribution in [0.5, 0.6) is 0 Å². The van der Waals surface area contributed by atoms with Gasteiger partial charge in [0.2, 0.25) is 10.0 Å². The largest absolute Gasteiger partial charge is 0.472 e. The number of nitrogens with one attached hydrogen (secondary N) is 2. The molecule has 1 aromatic carbocycles. The third-order valence-electron chi connectivity index (χ3n) is 3.87. The number of carbonyl (C=O) groups excluding carboxylic acids is 2. The molecule has 1 aromatic heterocycles. The SMILES string of the molecule is O=C(NNC(=O)c1cccc(S(=O)(=O)N2CCCC2)c1)c1ccoc1. The average Bonchev–Trinajstić information content (AvgIpc) is 3.33. The van der Waals surface area contributed by atoms with E-state index in [2.05, 4.69) is 10.9 Å². The molecule has 1 aliphatic heterocycles. The predicted molar refractivity (Wildman–Crippen MR) is 88.1 cm³/mol. The Labute approximate surface area is 144 Å². The summed E-state index contributed by atoms with van der Waals surface area (Å²) in [7, 11) is -3.61. The van der Waals surface area contributed by atoms with Gasteiger partial charge in [-0.15, -0.1) is 0 Å². The zero-order valence-electron chi connectivity index (χ0n) is 13.3. The van der Waals surface area contributed by atoms with Gasteiger partial charge in [0, 0.05) is 18.7 Å². The van der Waals surface area contributed by atoms with Crippen LogP contribution in [-0.2, 0) is 10.0 Å². The standard InChI is InChI=1S/C16H17N3O5S/c20-15(17-18-16(21)13-6-9-24-11-13)12-4-3-5-14(10-12)25(22,23)19-7-1-2-8-19/h3-6,9-11H,1-2,7-8H2,(H,17,20)(H,18,21). The van der Waals surface area contributed by atoms with Crippen LogP contribution in [0.1, 0.15) is 33.6 Å². The number of sulfonamides is 1. The number of rotatable bonds is 4. The fourth-order valence-corrected chi connectivity index (χ4v) is 4.09. The molecule has 8 nitrogen and oxygen atoms in total. The second-order valence-electron chi connectivity index (χ2n) is 5.56. The highest BCUT2D eigenvalue weighted by Crippen LogP contribution is 2.21. The molecule has 0 unspecified atom stereocenters. The summed E-state index contributed by atoms with van der Waals surface area (Å²) in [5.74, 6) is -1.15. The van der Waals surface area contributed by atoms with Gasteiger partial charge in [0.1, 0.15) is 6.26 Å². The quantitative estimate of drug-likeness (QED) is 0.792. The van der Waals surface area contributed by atoms with Crippen molar-refractivity contribution in [1.82, 2.24) is 15.2 Å². The van der Waals surface area contributed by atoms with Gasteiger partial charge in [-0.3, -0.25) is 20.4 Å². The number of benzene rings is 1. The lowest BCUT2D eigenvalue weighted by Gasteiger charge is -2.16. The number of hydrogen-bond acceptors (Lipinski definition) is 5. The minimum absolute atomic E-state index is 0.0585. The third kappa shape index (κ3) is 3.72. The first kappa shape index (κ1) is 17.2. The van der Waals surface area contributed by atoms with Crippen LogP contribution in [0.2, 0.25) is 0 Å². The Hall–Kier alpha value is -2.65. The number of hydrogen-bond donors (Lipinski definition) is 2. The summed E-state index contributed by atoms with van der Waals surface area (Å²) in [5.41, 5.74) is 4.87. The van der Waals surface area contributed by atoms with Crippen molar-refractivity contribution < 1.29 is 22.4 Å². The molecule has 2 aromatic rings. The minimum atomic E-state index is -3.61. The molecule has 0 aliphatic carbocycles. The molecule has 132 valence electrons. The highest BCUT2D eigenvalue weighted by Gasteiger charge is 2.27. The lowest BCUT2D eigenvalue weighted by molar-refractivity contribution is 0.0846. The molecule has 2 amide bonds. The first-order valence-corrected chi connectivity index (χ1v) is 9.15. The highest BCUT2D eigenvalue weighted by atomic mass is 32.2. The van der Waals surface area contributed by atoms with E-state index in [-0.39, 0.29) is 16.0 Å². The maximum atomic E-state index is 12.5. The fourth-order valence-electron chi connectivity index (χ4n) is 2.53. The summed E-state index contributed by atoms with van der Waals surface area (Å²) < 4.78 is 31.3. The summed E-state index contributed by atoms with van der Waals surface area (Å²) >= 11 is 0. The molecular formula is C16H17N3O5S. The third-order valence-corrected chi connectivity index (χ3v) is 5.77. The second kappa shape index (κ2) is 7.08. The van der Waals surface area contributed by atoms with Crippen LogP contribution in [0.4, 0.5) is 0 Å². The molecular weight excluding hydrogens is 346 g/mol. The predicted octanol–water partition coefficient (Wildman–Crippen LogP) is 1.14. The Morgan fingerprint density at radius 3 is 2.32 bits per heavy atom. The second-order valence-corrected chi connectivity index (χ2v) is 7.50. The Bertz CT molecular complexity index is 871. The summed E-state index contributed by atoms with van der Waals surface area (Å²) in [5, 5.41) is 0. The van der Waals surface area contributed by atoms with Crippen molar-refractivity contribution in [2.75, 3.05) is 13.1 Å². The molecule has 0 radical (unpaired) electrons. The van der Waals surface area contributed by atoms with Crippen LogP contribution < -0.4 is 10.9 Å². The van der Waals surface area contributed by atoms with Crippen LogP contribution >= 0.6 is 0 Å². The molecule has 0 bridgehead atoms. The first-order valence-electron chi connectivity index (χ1n) is 7.71. The van der Waals surface area contributed by atoms with Crippen molar-refractivity contribution in [1.29, 1.82) is 0 Å². The number of furan rings is 1. The van der Waals surface area contributed by atoms with Gasteiger partial charge in [-0.05, 0) is 37.1 Å². The van der Waals surface area contributed by atoms with E-state index in [1.165, 1.54) is 47.2 Å². The normalized spacial score (nSPS) is 15.0. The van der Waals surface area contributed by atoms with E-state index in [1.807, 2.05) is 0 Å². The van der Waals surface area contributed by atoms with Gasteiger partial charge in [0.15, 0.2) is 0 Å². The van der Waals surface area contributed by atoms with Gasteiger partial charge in [0.05, 0.1) is 16.7 Å². The number of hydrazine groups is 1. The van der Waals surface area contributed by atoms with Gasteiger partial charge in [-0.2, -0.15) is 4.31 Å². The molecule has 9 heteroatoms. The monoisotopic (exact) mass is 363 g/mol. The Balaban J connectivity index is 1.70. The minimum Gasteiger partial charge on any atom is -0.472 e. The van der Waals surface area contributed by atoms with E-state index >= 15 is 0 Å². The van der Waals surface area contributed by atoms with Gasteiger partial charge >= 0.3 is 0 Å². The molecule has 3 rings (SSSR count). The first-order chi connectivity index (χ1) is 12.0. The molecule has 1 saturated heterocycles. The summed E-state index contributed by atoms with van der Waals surface area (Å²) in [6, 6.07) is 7.17. The average molecular weight is 363 g/mol. The van der Waals surface area contributed by atoms with Crippen molar-refractivity contribution in [2.45, 2.75) is 17.7 Å². The lowest BCUT2D eigenvalue weighted by Crippen LogP contribution is -2.41. The van der Waals surface area contributed by atoms with E-state index < -0.39 is 21.8 Å². The van der Waals surface area contributed by atoms with E-state index in [4.69, 9.17) is 4.42 Å². The summed E-state index contributed by atoms with van der Waals surface area (Å²) in [6.07, 6.45) is 4.24. The van der Waals surface area contributed by atoms with Gasteiger partial charge in [-0.25, -0.2) is 8.42 Å². The Morgan fingerprint density at radius 2 is 1.68 bits per heavy atom. The van der Waals surface area contributed by atoms with E-state index in [9.17, 15) is 18.0 Å². The van der Waals surface area contributed by atoms with Crippen LogP contribution in [-0.4, -0.2) is 37.6 Å². The Morgan fingerprint density at radius 1 is 1.00 bits per heavy atom. The van der Waals surface area contributed by atoms with Crippen molar-refractivity contribution in [3.63, 3.8) is 0 Å². The van der Waals surface area contributed by atoms with Crippen molar-refractivity contribution in [3.05, 3.63) is 54.0 Å². The maximum Gasteiger partial charge on any atom is 0.272 e. The Kier molecular flexibility index (Phi) is 4.86. The molecule has 0 spiro atoms. The van der Waals surface area contributed by atoms with E-state index in [1.54, 1.807) is 0 Å². The maximum absolute atomic E-state index is 12.5. The zero-order chi connectivity index (χ0) is 17.9. The van der Waals surface area contributed by atoms with Crippen LogP contribution in [0.3, 0.4) is 0 Å². The van der Waals surface area contributed by atoms with E-state index in [0.717, 1.165) is 12.8 Å². The van der Waals surface area contributed by atoms with Crippen LogP contribution in [0.25, 0.3) is 0 Å². The topological polar surface area (TPSA) is 109 Å². The molecule has 25 heavy (non-hydrogen) atoms. The van der Waals surface area contributed by atoms with Crippen molar-refractivity contribution >= 4 is 21.8 Å². The smallest absolute Gasteiger partial charge is 0.272 e. The molecule has 1 fully saturated rings. The zero-order valence-corrected chi connectivity index (χ0v) is 14.1. The van der Waals surface area contributed by atoms with Crippen LogP contribution in [0, 0.1) is 0 Å². The fraction of sp³-hybridized carbons (Fsp3) is 0.250. The van der Waals surface area contributed by atoms with Gasteiger partial charge < -0.3 is 4.42 Å².